The number of nitrogens with zero attached hydrogens (tertiary/aromatic N) is 5. The number of hydrogen-bond donors (Lipinski definition) is 2. The summed E-state index contributed by atoms with van der Waals surface area (Å²) in [5.41, 5.74) is 7.62. The molecule has 3 N–H and O–H groups in total. The highest BCUT2D eigenvalue weighted by atomic mass is 28.4. The lowest BCUT2D eigenvalue weighted by Crippen LogP contribution is -2.42. The van der Waals surface area contributed by atoms with E-state index in [-0.39, 0.29) is 23.0 Å². The van der Waals surface area contributed by atoms with Gasteiger partial charge in [-0.3, -0.25) is 19.5 Å². The highest BCUT2D eigenvalue weighted by Gasteiger charge is 2.37. The predicted molar refractivity (Wildman–Crippen MR) is 152 cm³/mol. The van der Waals surface area contributed by atoms with Gasteiger partial charge in [-0.05, 0) is 61.0 Å². The molecule has 1 aromatic carbocycles. The lowest BCUT2D eigenvalue weighted by Gasteiger charge is -2.36. The number of carbonyl (C=O) groups is 2. The van der Waals surface area contributed by atoms with Crippen molar-refractivity contribution in [3.8, 4) is 6.19 Å². The van der Waals surface area contributed by atoms with E-state index in [1.165, 1.54) is 6.21 Å². The number of nitrogens with two attached hydrogens (primary N) is 1. The third kappa shape index (κ3) is 6.64. The van der Waals surface area contributed by atoms with Crippen LogP contribution in [0.15, 0.2) is 59.0 Å². The fraction of sp³-hybridized carbons (Fsp3) is 0.370. The molecule has 1 aliphatic heterocycles. The summed E-state index contributed by atoms with van der Waals surface area (Å²) < 4.78 is 6.19. The molecule has 0 fully saturated rings. The molecule has 1 aromatic heterocycles. The van der Waals surface area contributed by atoms with Crippen molar-refractivity contribution in [3.05, 3.63) is 59.6 Å². The lowest BCUT2D eigenvalue weighted by atomic mass is 10.2. The smallest absolute Gasteiger partial charge is 0.276 e. The summed E-state index contributed by atoms with van der Waals surface area (Å²) in [6.45, 7) is 13.9. The molecule has 2 heterocycles. The topological polar surface area (TPSA) is 137 Å². The number of aryl methyl sites for hydroxylation is 1. The van der Waals surface area contributed by atoms with E-state index in [2.05, 4.69) is 55.4 Å². The van der Waals surface area contributed by atoms with Crippen molar-refractivity contribution in [2.45, 2.75) is 45.8 Å². The zero-order valence-electron chi connectivity index (χ0n) is 22.8. The molecule has 11 heteroatoms. The van der Waals surface area contributed by atoms with Crippen LogP contribution in [0.1, 0.15) is 26.3 Å². The second-order valence-electron chi connectivity index (χ2n) is 10.5. The van der Waals surface area contributed by atoms with Crippen LogP contribution in [0.5, 0.6) is 0 Å². The first-order valence-corrected chi connectivity index (χ1v) is 15.2. The van der Waals surface area contributed by atoms with Crippen molar-refractivity contribution in [2.24, 2.45) is 10.7 Å². The minimum absolute atomic E-state index is 0.0321. The van der Waals surface area contributed by atoms with Gasteiger partial charge in [0.05, 0.1) is 25.4 Å². The summed E-state index contributed by atoms with van der Waals surface area (Å²) >= 11 is 0. The van der Waals surface area contributed by atoms with Crippen LogP contribution in [-0.2, 0) is 14.0 Å². The van der Waals surface area contributed by atoms with Crippen molar-refractivity contribution in [1.29, 1.82) is 5.26 Å². The van der Waals surface area contributed by atoms with Gasteiger partial charge in [-0.2, -0.15) is 5.26 Å². The summed E-state index contributed by atoms with van der Waals surface area (Å²) in [4.78, 5) is 37.0. The Labute approximate surface area is 224 Å². The Hall–Kier alpha value is -4.01. The average molecular weight is 534 g/mol. The van der Waals surface area contributed by atoms with Gasteiger partial charge >= 0.3 is 0 Å². The number of benzene rings is 1. The fourth-order valence-electron chi connectivity index (χ4n) is 3.50. The van der Waals surface area contributed by atoms with Crippen LogP contribution in [0.25, 0.3) is 0 Å². The van der Waals surface area contributed by atoms with E-state index < -0.39 is 20.1 Å². The minimum Gasteiger partial charge on any atom is -0.415 e. The van der Waals surface area contributed by atoms with Crippen molar-refractivity contribution in [3.63, 3.8) is 0 Å². The molecule has 0 bridgehead atoms. The summed E-state index contributed by atoms with van der Waals surface area (Å²) in [6.07, 6.45) is 5.39. The fourth-order valence-corrected chi connectivity index (χ4v) is 4.53. The molecule has 38 heavy (non-hydrogen) atoms. The van der Waals surface area contributed by atoms with Crippen molar-refractivity contribution >= 4 is 43.5 Å². The number of hydrogen-bond acceptors (Lipinski definition) is 8. The van der Waals surface area contributed by atoms with Crippen LogP contribution in [0.2, 0.25) is 18.1 Å². The van der Waals surface area contributed by atoms with Crippen molar-refractivity contribution < 1.29 is 14.0 Å². The van der Waals surface area contributed by atoms with E-state index in [1.54, 1.807) is 46.3 Å². The first-order valence-electron chi connectivity index (χ1n) is 12.3. The largest absolute Gasteiger partial charge is 0.415 e. The number of rotatable bonds is 9. The number of amides is 2. The van der Waals surface area contributed by atoms with E-state index in [1.807, 2.05) is 13.0 Å². The molecule has 0 spiro atoms. The number of nitrogens with one attached hydrogen (secondary N) is 1. The van der Waals surface area contributed by atoms with E-state index in [0.29, 0.717) is 30.3 Å². The summed E-state index contributed by atoms with van der Waals surface area (Å²) in [6, 6.07) is 10.5. The zero-order valence-corrected chi connectivity index (χ0v) is 23.8. The Balaban J connectivity index is 1.72. The van der Waals surface area contributed by atoms with Gasteiger partial charge < -0.3 is 20.4 Å². The number of nitriles is 1. The van der Waals surface area contributed by atoms with Crippen LogP contribution in [0.4, 0.5) is 17.2 Å². The van der Waals surface area contributed by atoms with E-state index in [9.17, 15) is 14.9 Å². The van der Waals surface area contributed by atoms with Gasteiger partial charge in [-0.25, -0.2) is 4.98 Å². The SMILES string of the molecule is Cc1ccc(N2CC=NC(C(=O)Nc3ccc(N(C#N)CCO[Si](C)(C)C(C)(C)C)cc3)=C2C(N)=O)nc1. The van der Waals surface area contributed by atoms with Crippen LogP contribution in [0.3, 0.4) is 0 Å². The van der Waals surface area contributed by atoms with E-state index in [0.717, 1.165) is 5.56 Å². The third-order valence-electron chi connectivity index (χ3n) is 6.74. The second kappa shape index (κ2) is 11.6. The third-order valence-corrected chi connectivity index (χ3v) is 11.3. The first-order chi connectivity index (χ1) is 17.8. The number of carbonyl (C=O) groups excluding carboxylic acids is 2. The number of aliphatic imine (C=N–C) groups is 1. The van der Waals surface area contributed by atoms with Gasteiger partial charge in [0, 0.05) is 18.1 Å². The molecule has 10 nitrogen and oxygen atoms in total. The minimum atomic E-state index is -1.91. The standard InChI is InChI=1S/C27H35N7O3Si/c1-19-7-12-22(31-17-19)34-14-13-30-23(24(34)25(29)35)26(36)32-20-8-10-21(11-9-20)33(18-28)15-16-37-38(5,6)27(2,3)4/h7-13,17H,14-16H2,1-6H3,(H2,29,35)(H,32,36). The number of aromatic nitrogens is 1. The normalized spacial score (nSPS) is 13.8. The molecule has 0 saturated heterocycles. The zero-order chi connectivity index (χ0) is 28.1. The van der Waals surface area contributed by atoms with Gasteiger partial charge in [0.2, 0.25) is 0 Å². The lowest BCUT2D eigenvalue weighted by molar-refractivity contribution is -0.116. The molecule has 0 saturated carbocycles. The Morgan fingerprint density at radius 3 is 2.45 bits per heavy atom. The Bertz CT molecular complexity index is 1270. The van der Waals surface area contributed by atoms with Crippen LogP contribution >= 0.6 is 0 Å². The second-order valence-corrected chi connectivity index (χ2v) is 15.3. The highest BCUT2D eigenvalue weighted by Crippen LogP contribution is 2.36. The monoisotopic (exact) mass is 533 g/mol. The molecule has 200 valence electrons. The highest BCUT2D eigenvalue weighted by molar-refractivity contribution is 6.74. The molecule has 0 atom stereocenters. The molecule has 1 aliphatic rings. The average Bonchev–Trinajstić information content (AvgIpc) is 2.86. The van der Waals surface area contributed by atoms with Crippen LogP contribution in [-0.4, -0.2) is 51.0 Å². The van der Waals surface area contributed by atoms with Crippen molar-refractivity contribution in [1.82, 2.24) is 4.98 Å². The van der Waals surface area contributed by atoms with E-state index >= 15 is 0 Å². The molecule has 0 unspecified atom stereocenters. The number of anilines is 3. The Morgan fingerprint density at radius 2 is 1.89 bits per heavy atom. The van der Waals surface area contributed by atoms with Gasteiger partial charge in [0.1, 0.15) is 11.5 Å². The quantitative estimate of drug-likeness (QED) is 0.283. The summed E-state index contributed by atoms with van der Waals surface area (Å²) in [5, 5.41) is 12.5. The molecule has 0 radical (unpaired) electrons. The van der Waals surface area contributed by atoms with Gasteiger partial charge in [0.25, 0.3) is 11.8 Å². The Morgan fingerprint density at radius 1 is 1.21 bits per heavy atom. The maximum Gasteiger partial charge on any atom is 0.276 e. The van der Waals surface area contributed by atoms with Gasteiger partial charge in [-0.1, -0.05) is 26.8 Å². The molecule has 2 amide bonds. The Kier molecular flexibility index (Phi) is 8.70. The van der Waals surface area contributed by atoms with Crippen LogP contribution in [0, 0.1) is 18.4 Å². The van der Waals surface area contributed by atoms with Crippen LogP contribution < -0.4 is 20.9 Å². The molecule has 2 aromatic rings. The van der Waals surface area contributed by atoms with Gasteiger partial charge in [0.15, 0.2) is 20.2 Å². The number of primary amides is 1. The summed E-state index contributed by atoms with van der Waals surface area (Å²) in [7, 11) is -1.91. The maximum atomic E-state index is 13.1. The number of pyridine rings is 1. The van der Waals surface area contributed by atoms with Gasteiger partial charge in [-0.15, -0.1) is 0 Å². The van der Waals surface area contributed by atoms with Crippen molar-refractivity contribution in [2.75, 3.05) is 34.8 Å². The molecule has 0 aliphatic carbocycles. The molecular weight excluding hydrogens is 498 g/mol. The molecular formula is C27H35N7O3Si. The molecule has 3 rings (SSSR count). The van der Waals surface area contributed by atoms with E-state index in [4.69, 9.17) is 10.2 Å². The first kappa shape index (κ1) is 28.6. The predicted octanol–water partition coefficient (Wildman–Crippen LogP) is 3.93. The maximum absolute atomic E-state index is 13.1. The summed E-state index contributed by atoms with van der Waals surface area (Å²) in [5.74, 6) is -0.881.